The largest absolute Gasteiger partial charge is 0.493 e. The smallest absolute Gasteiger partial charge is 0.203 e. The van der Waals surface area contributed by atoms with Gasteiger partial charge in [0.1, 0.15) is 0 Å². The van der Waals surface area contributed by atoms with Gasteiger partial charge in [-0.2, -0.15) is 0 Å². The molecule has 0 saturated carbocycles. The summed E-state index contributed by atoms with van der Waals surface area (Å²) in [7, 11) is 6.73. The summed E-state index contributed by atoms with van der Waals surface area (Å²) in [6, 6.07) is 14.0. The maximum atomic E-state index is 5.43. The molecule has 0 spiro atoms. The molecule has 0 aliphatic carbocycles. The lowest BCUT2D eigenvalue weighted by molar-refractivity contribution is 0.324. The van der Waals surface area contributed by atoms with Gasteiger partial charge >= 0.3 is 0 Å². The maximum Gasteiger partial charge on any atom is 0.203 e. The Balaban J connectivity index is 1.89. The van der Waals surface area contributed by atoms with E-state index in [4.69, 9.17) is 14.2 Å². The van der Waals surface area contributed by atoms with Gasteiger partial charge < -0.3 is 18.8 Å². The second kappa shape index (κ2) is 8.14. The zero-order valence-electron chi connectivity index (χ0n) is 15.2. The number of benzene rings is 2. The van der Waals surface area contributed by atoms with E-state index in [2.05, 4.69) is 22.3 Å². The van der Waals surface area contributed by atoms with Crippen LogP contribution in [0.25, 0.3) is 11.4 Å². The van der Waals surface area contributed by atoms with Gasteiger partial charge in [-0.3, -0.25) is 0 Å². The third-order valence-electron chi connectivity index (χ3n) is 3.97. The first kappa shape index (κ1) is 18.1. The lowest BCUT2D eigenvalue weighted by Gasteiger charge is -2.14. The number of thioether (sulfide) groups is 1. The van der Waals surface area contributed by atoms with Crippen LogP contribution in [-0.4, -0.2) is 36.1 Å². The molecule has 0 aliphatic rings. The zero-order chi connectivity index (χ0) is 18.5. The molecule has 1 aromatic heterocycles. The standard InChI is InChI=1S/C19H21N3O3S/c1-22-18(14-10-15(23-2)17(25-4)16(11-14)24-3)20-21-19(22)26-12-13-8-6-5-7-9-13/h5-11H,12H2,1-4H3. The van der Waals surface area contributed by atoms with Crippen molar-refractivity contribution in [2.75, 3.05) is 21.3 Å². The number of hydrogen-bond acceptors (Lipinski definition) is 6. The Kier molecular flexibility index (Phi) is 5.68. The van der Waals surface area contributed by atoms with Gasteiger partial charge in [0.15, 0.2) is 22.5 Å². The van der Waals surface area contributed by atoms with E-state index in [-0.39, 0.29) is 0 Å². The average Bonchev–Trinajstić information content (AvgIpc) is 3.06. The van der Waals surface area contributed by atoms with Crippen molar-refractivity contribution in [1.29, 1.82) is 0 Å². The molecular formula is C19H21N3O3S. The highest BCUT2D eigenvalue weighted by atomic mass is 32.2. The SMILES string of the molecule is COc1cc(-c2nnc(SCc3ccccc3)n2C)cc(OC)c1OC. The molecule has 26 heavy (non-hydrogen) atoms. The number of methoxy groups -OCH3 is 3. The van der Waals surface area contributed by atoms with Crippen LogP contribution >= 0.6 is 11.8 Å². The quantitative estimate of drug-likeness (QED) is 0.589. The van der Waals surface area contributed by atoms with Gasteiger partial charge in [-0.1, -0.05) is 42.1 Å². The summed E-state index contributed by atoms with van der Waals surface area (Å²) in [5.41, 5.74) is 2.09. The van der Waals surface area contributed by atoms with Crippen LogP contribution in [-0.2, 0) is 12.8 Å². The minimum atomic E-state index is 0.555. The molecule has 3 rings (SSSR count). The van der Waals surface area contributed by atoms with E-state index < -0.39 is 0 Å². The van der Waals surface area contributed by atoms with Crippen LogP contribution in [0.1, 0.15) is 5.56 Å². The molecule has 7 heteroatoms. The molecule has 0 fully saturated rings. The van der Waals surface area contributed by atoms with Crippen LogP contribution in [0.2, 0.25) is 0 Å². The van der Waals surface area contributed by atoms with Crippen molar-refractivity contribution in [1.82, 2.24) is 14.8 Å². The van der Waals surface area contributed by atoms with E-state index >= 15 is 0 Å². The molecule has 0 N–H and O–H groups in total. The van der Waals surface area contributed by atoms with Crippen LogP contribution < -0.4 is 14.2 Å². The summed E-state index contributed by atoms with van der Waals surface area (Å²) in [5.74, 6) is 3.30. The predicted molar refractivity (Wildman–Crippen MR) is 102 cm³/mol. The fourth-order valence-electron chi connectivity index (χ4n) is 2.62. The van der Waals surface area contributed by atoms with Crippen molar-refractivity contribution < 1.29 is 14.2 Å². The number of hydrogen-bond donors (Lipinski definition) is 0. The molecule has 0 aliphatic heterocycles. The summed E-state index contributed by atoms with van der Waals surface area (Å²) in [6.45, 7) is 0. The first-order chi connectivity index (χ1) is 12.7. The molecule has 0 bridgehead atoms. The molecule has 136 valence electrons. The molecule has 0 saturated heterocycles. The molecule has 0 unspecified atom stereocenters. The fraction of sp³-hybridized carbons (Fsp3) is 0.263. The molecule has 0 radical (unpaired) electrons. The summed E-state index contributed by atoms with van der Waals surface area (Å²) in [4.78, 5) is 0. The second-order valence-electron chi connectivity index (χ2n) is 5.55. The van der Waals surface area contributed by atoms with E-state index in [1.165, 1.54) is 5.56 Å². The molecule has 3 aromatic rings. The monoisotopic (exact) mass is 371 g/mol. The van der Waals surface area contributed by atoms with Crippen LogP contribution in [0, 0.1) is 0 Å². The third-order valence-corrected chi connectivity index (χ3v) is 5.06. The van der Waals surface area contributed by atoms with Gasteiger partial charge in [0, 0.05) is 18.4 Å². The van der Waals surface area contributed by atoms with Gasteiger partial charge in [-0.05, 0) is 17.7 Å². The minimum absolute atomic E-state index is 0.555. The molecule has 0 atom stereocenters. The first-order valence-corrected chi connectivity index (χ1v) is 9.03. The predicted octanol–water partition coefficient (Wildman–Crippen LogP) is 3.80. The summed E-state index contributed by atoms with van der Waals surface area (Å²) in [5, 5.41) is 9.51. The Bertz CT molecular complexity index is 856. The van der Waals surface area contributed by atoms with Crippen molar-refractivity contribution in [3.05, 3.63) is 48.0 Å². The first-order valence-electron chi connectivity index (χ1n) is 8.04. The van der Waals surface area contributed by atoms with Crippen molar-refractivity contribution in [3.63, 3.8) is 0 Å². The topological polar surface area (TPSA) is 58.4 Å². The molecule has 1 heterocycles. The van der Waals surface area contributed by atoms with E-state index in [1.54, 1.807) is 33.1 Å². The molecule has 6 nitrogen and oxygen atoms in total. The minimum Gasteiger partial charge on any atom is -0.493 e. The zero-order valence-corrected chi connectivity index (χ0v) is 16.0. The summed E-state index contributed by atoms with van der Waals surface area (Å²) in [6.07, 6.45) is 0. The van der Waals surface area contributed by atoms with Crippen LogP contribution in [0.4, 0.5) is 0 Å². The van der Waals surface area contributed by atoms with Crippen LogP contribution in [0.15, 0.2) is 47.6 Å². The van der Waals surface area contributed by atoms with Crippen molar-refractivity contribution in [3.8, 4) is 28.6 Å². The highest BCUT2D eigenvalue weighted by molar-refractivity contribution is 7.98. The number of rotatable bonds is 7. The molecule has 0 amide bonds. The lowest BCUT2D eigenvalue weighted by Crippen LogP contribution is -1.99. The fourth-order valence-corrected chi connectivity index (χ4v) is 3.49. The van der Waals surface area contributed by atoms with Crippen LogP contribution in [0.5, 0.6) is 17.2 Å². The van der Waals surface area contributed by atoms with Crippen LogP contribution in [0.3, 0.4) is 0 Å². The van der Waals surface area contributed by atoms with Gasteiger partial charge in [-0.25, -0.2) is 0 Å². The van der Waals surface area contributed by atoms with Gasteiger partial charge in [-0.15, -0.1) is 10.2 Å². The Morgan fingerprint density at radius 2 is 1.58 bits per heavy atom. The normalized spacial score (nSPS) is 10.6. The van der Waals surface area contributed by atoms with E-state index in [0.29, 0.717) is 17.2 Å². The van der Waals surface area contributed by atoms with Crippen molar-refractivity contribution in [2.24, 2.45) is 7.05 Å². The number of ether oxygens (including phenoxy) is 3. The maximum absolute atomic E-state index is 5.43. The van der Waals surface area contributed by atoms with Gasteiger partial charge in [0.05, 0.1) is 21.3 Å². The Morgan fingerprint density at radius 1 is 0.923 bits per heavy atom. The van der Waals surface area contributed by atoms with E-state index in [0.717, 1.165) is 22.3 Å². The van der Waals surface area contributed by atoms with E-state index in [9.17, 15) is 0 Å². The third kappa shape index (κ3) is 3.62. The lowest BCUT2D eigenvalue weighted by atomic mass is 10.1. The van der Waals surface area contributed by atoms with E-state index in [1.807, 2.05) is 41.9 Å². The average molecular weight is 371 g/mol. The number of aromatic nitrogens is 3. The highest BCUT2D eigenvalue weighted by Gasteiger charge is 2.18. The molecule has 2 aromatic carbocycles. The Labute approximate surface area is 157 Å². The second-order valence-corrected chi connectivity index (χ2v) is 6.50. The van der Waals surface area contributed by atoms with Crippen molar-refractivity contribution in [2.45, 2.75) is 10.9 Å². The Morgan fingerprint density at radius 3 is 2.15 bits per heavy atom. The number of nitrogens with zero attached hydrogens (tertiary/aromatic N) is 3. The Hall–Kier alpha value is -2.67. The van der Waals surface area contributed by atoms with Gasteiger partial charge in [0.2, 0.25) is 5.75 Å². The highest BCUT2D eigenvalue weighted by Crippen LogP contribution is 2.41. The summed E-state index contributed by atoms with van der Waals surface area (Å²) < 4.78 is 18.2. The summed E-state index contributed by atoms with van der Waals surface area (Å²) >= 11 is 1.65. The van der Waals surface area contributed by atoms with Crippen molar-refractivity contribution >= 4 is 11.8 Å². The molecular weight excluding hydrogens is 350 g/mol. The van der Waals surface area contributed by atoms with Gasteiger partial charge in [0.25, 0.3) is 0 Å².